The molecule has 106 valence electrons. The lowest BCUT2D eigenvalue weighted by molar-refractivity contribution is 0.0701. The van der Waals surface area contributed by atoms with Gasteiger partial charge in [0.2, 0.25) is 0 Å². The van der Waals surface area contributed by atoms with Gasteiger partial charge in [-0.25, -0.2) is 4.79 Å². The zero-order chi connectivity index (χ0) is 13.9. The van der Waals surface area contributed by atoms with Crippen molar-refractivity contribution in [2.24, 2.45) is 5.92 Å². The van der Waals surface area contributed by atoms with Crippen molar-refractivity contribution in [2.75, 3.05) is 5.75 Å². The summed E-state index contributed by atoms with van der Waals surface area (Å²) in [7, 11) is 0. The van der Waals surface area contributed by atoms with E-state index in [1.54, 1.807) is 0 Å². The second-order valence-electron chi connectivity index (χ2n) is 5.38. The molecule has 0 unspecified atom stereocenters. The number of hydrogen-bond donors (Lipinski definition) is 1. The van der Waals surface area contributed by atoms with Crippen molar-refractivity contribution in [3.63, 3.8) is 0 Å². The molecule has 1 heterocycles. The number of thioether (sulfide) groups is 1. The lowest BCUT2D eigenvalue weighted by Gasteiger charge is -2.08. The predicted molar refractivity (Wildman–Crippen MR) is 86.9 cm³/mol. The van der Waals surface area contributed by atoms with Gasteiger partial charge in [-0.2, -0.15) is 11.8 Å². The Labute approximate surface area is 127 Å². The Morgan fingerprint density at radius 2 is 2.05 bits per heavy atom. The molecule has 2 nitrogen and oxygen atoms in total. The number of carboxylic acids is 1. The highest BCUT2D eigenvalue weighted by Gasteiger charge is 2.19. The van der Waals surface area contributed by atoms with Crippen molar-refractivity contribution < 1.29 is 9.90 Å². The Bertz CT molecular complexity index is 612. The number of carboxylic acid groups (broad SMARTS) is 1. The van der Waals surface area contributed by atoms with Gasteiger partial charge in [0.05, 0.1) is 0 Å². The topological polar surface area (TPSA) is 37.3 Å². The minimum atomic E-state index is -0.789. The number of fused-ring (bicyclic) bond motifs is 1. The number of benzene rings is 1. The minimum absolute atomic E-state index is 0.519. The number of hydrogen-bond acceptors (Lipinski definition) is 3. The summed E-state index contributed by atoms with van der Waals surface area (Å²) >= 11 is 3.30. The molecule has 1 aliphatic rings. The Morgan fingerprint density at radius 1 is 1.30 bits per heavy atom. The van der Waals surface area contributed by atoms with Gasteiger partial charge >= 0.3 is 5.97 Å². The summed E-state index contributed by atoms with van der Waals surface area (Å²) in [6.45, 7) is 0. The van der Waals surface area contributed by atoms with Gasteiger partial charge in [0.1, 0.15) is 4.88 Å². The number of rotatable bonds is 5. The molecule has 2 aromatic rings. The van der Waals surface area contributed by atoms with Crippen LogP contribution in [0.2, 0.25) is 0 Å². The van der Waals surface area contributed by atoms with Crippen molar-refractivity contribution >= 4 is 39.2 Å². The van der Waals surface area contributed by atoms with E-state index in [1.165, 1.54) is 42.8 Å². The van der Waals surface area contributed by atoms with Crippen molar-refractivity contribution in [3.8, 4) is 0 Å². The Hall–Kier alpha value is -1.00. The minimum Gasteiger partial charge on any atom is -0.477 e. The first-order chi connectivity index (χ1) is 9.75. The molecule has 1 aromatic carbocycles. The van der Waals surface area contributed by atoms with E-state index in [0.717, 1.165) is 27.3 Å². The van der Waals surface area contributed by atoms with Crippen molar-refractivity contribution in [1.29, 1.82) is 0 Å². The summed E-state index contributed by atoms with van der Waals surface area (Å²) in [5.74, 6) is 2.05. The molecule has 0 radical (unpaired) electrons. The summed E-state index contributed by atoms with van der Waals surface area (Å²) in [5.41, 5.74) is 1.01. The zero-order valence-corrected chi connectivity index (χ0v) is 12.9. The molecule has 1 aliphatic carbocycles. The Kier molecular flexibility index (Phi) is 4.32. The van der Waals surface area contributed by atoms with Gasteiger partial charge in [0, 0.05) is 10.5 Å². The van der Waals surface area contributed by atoms with Gasteiger partial charge in [0.15, 0.2) is 0 Å². The van der Waals surface area contributed by atoms with Crippen LogP contribution in [0, 0.1) is 5.92 Å². The average Bonchev–Trinajstić information content (AvgIpc) is 3.07. The summed E-state index contributed by atoms with van der Waals surface area (Å²) in [5, 5.41) is 10.5. The molecule has 0 aliphatic heterocycles. The number of thiophene rings is 1. The van der Waals surface area contributed by atoms with Gasteiger partial charge in [-0.05, 0) is 41.5 Å². The number of carbonyl (C=O) groups is 1. The zero-order valence-electron chi connectivity index (χ0n) is 11.3. The fourth-order valence-electron chi connectivity index (χ4n) is 2.92. The van der Waals surface area contributed by atoms with Crippen LogP contribution in [0.4, 0.5) is 0 Å². The maximum absolute atomic E-state index is 11.4. The van der Waals surface area contributed by atoms with Gasteiger partial charge in [-0.3, -0.25) is 0 Å². The first kappa shape index (κ1) is 14.0. The third kappa shape index (κ3) is 2.86. The van der Waals surface area contributed by atoms with Gasteiger partial charge in [-0.1, -0.05) is 31.0 Å². The van der Waals surface area contributed by atoms with E-state index < -0.39 is 5.97 Å². The fraction of sp³-hybridized carbons (Fsp3) is 0.438. The predicted octanol–water partition coefficient (Wildman–Crippen LogP) is 5.02. The van der Waals surface area contributed by atoms with Gasteiger partial charge in [-0.15, -0.1) is 11.3 Å². The molecule has 1 N–H and O–H groups in total. The van der Waals surface area contributed by atoms with Crippen LogP contribution >= 0.6 is 23.1 Å². The van der Waals surface area contributed by atoms with Crippen LogP contribution in [0.25, 0.3) is 10.1 Å². The second-order valence-corrected chi connectivity index (χ2v) is 7.46. The first-order valence-electron chi connectivity index (χ1n) is 7.07. The van der Waals surface area contributed by atoms with Crippen LogP contribution in [-0.2, 0) is 5.75 Å². The van der Waals surface area contributed by atoms with E-state index in [-0.39, 0.29) is 0 Å². The first-order valence-corrected chi connectivity index (χ1v) is 9.04. The van der Waals surface area contributed by atoms with E-state index in [0.29, 0.717) is 4.88 Å². The third-order valence-electron chi connectivity index (χ3n) is 3.97. The number of aromatic carboxylic acids is 1. The molecule has 1 aromatic heterocycles. The molecular formula is C16H18O2S2. The molecule has 0 saturated heterocycles. The van der Waals surface area contributed by atoms with Crippen LogP contribution in [0.5, 0.6) is 0 Å². The smallest absolute Gasteiger partial charge is 0.346 e. The lowest BCUT2D eigenvalue weighted by atomic mass is 10.1. The molecular weight excluding hydrogens is 288 g/mol. The van der Waals surface area contributed by atoms with Crippen LogP contribution in [0.3, 0.4) is 0 Å². The van der Waals surface area contributed by atoms with E-state index >= 15 is 0 Å². The largest absolute Gasteiger partial charge is 0.477 e. The van der Waals surface area contributed by atoms with E-state index in [9.17, 15) is 9.90 Å². The van der Waals surface area contributed by atoms with Crippen LogP contribution < -0.4 is 0 Å². The molecule has 20 heavy (non-hydrogen) atoms. The maximum atomic E-state index is 11.4. The van der Waals surface area contributed by atoms with Crippen molar-refractivity contribution in [3.05, 3.63) is 34.7 Å². The standard InChI is InChI=1S/C16H18O2S2/c17-16(18)15-13(10-19-9-11-5-1-2-6-11)12-7-3-4-8-14(12)20-15/h3-4,7-8,11H,1-2,5-6,9-10H2,(H,17,18). The van der Waals surface area contributed by atoms with Crippen molar-refractivity contribution in [1.82, 2.24) is 0 Å². The Morgan fingerprint density at radius 3 is 2.80 bits per heavy atom. The molecule has 4 heteroatoms. The van der Waals surface area contributed by atoms with Crippen molar-refractivity contribution in [2.45, 2.75) is 31.4 Å². The summed E-state index contributed by atoms with van der Waals surface area (Å²) in [6, 6.07) is 8.02. The van der Waals surface area contributed by atoms with Crippen LogP contribution in [-0.4, -0.2) is 16.8 Å². The molecule has 0 amide bonds. The monoisotopic (exact) mass is 306 g/mol. The van der Waals surface area contributed by atoms with Crippen LogP contribution in [0.1, 0.15) is 40.9 Å². The SMILES string of the molecule is O=C(O)c1sc2ccccc2c1CSCC1CCCC1. The maximum Gasteiger partial charge on any atom is 0.346 e. The highest BCUT2D eigenvalue weighted by atomic mass is 32.2. The molecule has 0 spiro atoms. The second kappa shape index (κ2) is 6.19. The van der Waals surface area contributed by atoms with Gasteiger partial charge in [0.25, 0.3) is 0 Å². The molecule has 0 atom stereocenters. The Balaban J connectivity index is 1.78. The van der Waals surface area contributed by atoms with E-state index in [2.05, 4.69) is 0 Å². The molecule has 3 rings (SSSR count). The molecule has 1 saturated carbocycles. The fourth-order valence-corrected chi connectivity index (χ4v) is 5.36. The van der Waals surface area contributed by atoms with E-state index in [1.807, 2.05) is 36.0 Å². The van der Waals surface area contributed by atoms with Crippen LogP contribution in [0.15, 0.2) is 24.3 Å². The van der Waals surface area contributed by atoms with Gasteiger partial charge < -0.3 is 5.11 Å². The van der Waals surface area contributed by atoms with E-state index in [4.69, 9.17) is 0 Å². The summed E-state index contributed by atoms with van der Waals surface area (Å²) in [4.78, 5) is 11.9. The quantitative estimate of drug-likeness (QED) is 0.842. The summed E-state index contributed by atoms with van der Waals surface area (Å²) < 4.78 is 1.08. The highest BCUT2D eigenvalue weighted by molar-refractivity contribution is 7.98. The molecule has 1 fully saturated rings. The normalized spacial score (nSPS) is 16.0. The summed E-state index contributed by atoms with van der Waals surface area (Å²) in [6.07, 6.45) is 5.44. The average molecular weight is 306 g/mol. The third-order valence-corrected chi connectivity index (χ3v) is 6.37. The molecule has 0 bridgehead atoms. The highest BCUT2D eigenvalue weighted by Crippen LogP contribution is 2.35. The lowest BCUT2D eigenvalue weighted by Crippen LogP contribution is -2.00.